The van der Waals surface area contributed by atoms with E-state index < -0.39 is 0 Å². The Kier molecular flexibility index (Phi) is 6.28. The van der Waals surface area contributed by atoms with Crippen LogP contribution in [0.15, 0.2) is 133 Å². The van der Waals surface area contributed by atoms with Gasteiger partial charge in [0.05, 0.1) is 0 Å². The van der Waals surface area contributed by atoms with E-state index in [1.54, 1.807) is 0 Å². The lowest BCUT2D eigenvalue weighted by Gasteiger charge is -2.10. The van der Waals surface area contributed by atoms with Crippen LogP contribution in [0.4, 0.5) is 0 Å². The van der Waals surface area contributed by atoms with Crippen molar-refractivity contribution >= 4 is 11.6 Å². The summed E-state index contributed by atoms with van der Waals surface area (Å²) in [6.45, 7) is 0. The van der Waals surface area contributed by atoms with Gasteiger partial charge in [-0.15, -0.1) is 0 Å². The van der Waals surface area contributed by atoms with E-state index in [-0.39, 0.29) is 0 Å². The molecular formula is C33H22ClN3. The van der Waals surface area contributed by atoms with Gasteiger partial charge in [0.25, 0.3) is 0 Å². The maximum absolute atomic E-state index is 6.21. The van der Waals surface area contributed by atoms with Crippen LogP contribution in [-0.2, 0) is 0 Å². The van der Waals surface area contributed by atoms with E-state index in [0.717, 1.165) is 44.0 Å². The highest BCUT2D eigenvalue weighted by Gasteiger charge is 2.12. The molecule has 0 unspecified atom stereocenters. The number of hydrogen-bond donors (Lipinski definition) is 0. The largest absolute Gasteiger partial charge is 0.208 e. The predicted octanol–water partition coefficient (Wildman–Crippen LogP) is 8.86. The zero-order valence-electron chi connectivity index (χ0n) is 19.9. The van der Waals surface area contributed by atoms with Crippen LogP contribution in [0.25, 0.3) is 56.4 Å². The van der Waals surface area contributed by atoms with Crippen molar-refractivity contribution in [3.63, 3.8) is 0 Å². The molecule has 0 aliphatic heterocycles. The highest BCUT2D eigenvalue weighted by Crippen LogP contribution is 2.30. The molecule has 3 nitrogen and oxygen atoms in total. The summed E-state index contributed by atoms with van der Waals surface area (Å²) in [6, 6.07) is 44.8. The third-order valence-corrected chi connectivity index (χ3v) is 6.43. The second-order valence-electron chi connectivity index (χ2n) is 8.71. The molecule has 0 saturated heterocycles. The smallest absolute Gasteiger partial charge is 0.164 e. The zero-order chi connectivity index (χ0) is 25.0. The number of aromatic nitrogens is 3. The van der Waals surface area contributed by atoms with Crippen LogP contribution in [0.2, 0.25) is 5.02 Å². The number of benzene rings is 5. The minimum atomic E-state index is 0.645. The van der Waals surface area contributed by atoms with Crippen molar-refractivity contribution in [1.29, 1.82) is 0 Å². The van der Waals surface area contributed by atoms with E-state index in [1.165, 1.54) is 0 Å². The molecule has 0 bridgehead atoms. The molecule has 0 saturated carbocycles. The highest BCUT2D eigenvalue weighted by molar-refractivity contribution is 6.30. The summed E-state index contributed by atoms with van der Waals surface area (Å²) in [5.74, 6) is 1.96. The molecule has 0 spiro atoms. The molecule has 0 atom stereocenters. The summed E-state index contributed by atoms with van der Waals surface area (Å²) in [5, 5.41) is 0.731. The van der Waals surface area contributed by atoms with Crippen LogP contribution in [-0.4, -0.2) is 15.0 Å². The van der Waals surface area contributed by atoms with E-state index in [1.807, 2.05) is 78.9 Å². The van der Waals surface area contributed by atoms with Gasteiger partial charge in [-0.1, -0.05) is 127 Å². The molecule has 6 aromatic rings. The van der Waals surface area contributed by atoms with Crippen molar-refractivity contribution in [3.8, 4) is 56.4 Å². The van der Waals surface area contributed by atoms with Crippen molar-refractivity contribution in [2.75, 3.05) is 0 Å². The van der Waals surface area contributed by atoms with Crippen molar-refractivity contribution in [1.82, 2.24) is 15.0 Å². The Hall–Kier alpha value is -4.60. The summed E-state index contributed by atoms with van der Waals surface area (Å²) in [6.07, 6.45) is 0. The molecule has 5 aromatic carbocycles. The van der Waals surface area contributed by atoms with E-state index in [9.17, 15) is 0 Å². The fourth-order valence-electron chi connectivity index (χ4n) is 4.30. The number of rotatable bonds is 5. The zero-order valence-corrected chi connectivity index (χ0v) is 20.7. The normalized spacial score (nSPS) is 10.8. The molecule has 1 aromatic heterocycles. The van der Waals surface area contributed by atoms with Gasteiger partial charge >= 0.3 is 0 Å². The Labute approximate surface area is 221 Å². The van der Waals surface area contributed by atoms with Crippen LogP contribution in [0, 0.1) is 0 Å². The minimum absolute atomic E-state index is 0.645. The molecule has 6 rings (SSSR count). The molecule has 0 fully saturated rings. The third-order valence-electron chi connectivity index (χ3n) is 6.20. The van der Waals surface area contributed by atoms with E-state index in [2.05, 4.69) is 54.6 Å². The lowest BCUT2D eigenvalue weighted by Crippen LogP contribution is -2.00. The van der Waals surface area contributed by atoms with Crippen molar-refractivity contribution in [3.05, 3.63) is 138 Å². The molecule has 0 aliphatic carbocycles. The molecule has 4 heteroatoms. The quantitative estimate of drug-likeness (QED) is 0.240. The Morgan fingerprint density at radius 1 is 0.324 bits per heavy atom. The molecule has 0 radical (unpaired) electrons. The van der Waals surface area contributed by atoms with Gasteiger partial charge < -0.3 is 0 Å². The SMILES string of the molecule is Clc1cccc(-c2cccc(-c3ccc(-c4nc(-c5ccccc5)nc(-c5ccccc5)n4)cc3)c2)c1. The molecule has 37 heavy (non-hydrogen) atoms. The van der Waals surface area contributed by atoms with Crippen LogP contribution in [0.1, 0.15) is 0 Å². The van der Waals surface area contributed by atoms with Gasteiger partial charge in [0, 0.05) is 21.7 Å². The van der Waals surface area contributed by atoms with E-state index >= 15 is 0 Å². The Balaban J connectivity index is 1.38. The third kappa shape index (κ3) is 5.04. The van der Waals surface area contributed by atoms with Gasteiger partial charge in [-0.05, 0) is 40.5 Å². The first-order chi connectivity index (χ1) is 18.2. The Morgan fingerprint density at radius 2 is 0.703 bits per heavy atom. The van der Waals surface area contributed by atoms with Crippen molar-refractivity contribution < 1.29 is 0 Å². The van der Waals surface area contributed by atoms with Crippen molar-refractivity contribution in [2.45, 2.75) is 0 Å². The average molecular weight is 496 g/mol. The maximum atomic E-state index is 6.21. The highest BCUT2D eigenvalue weighted by atomic mass is 35.5. The average Bonchev–Trinajstić information content (AvgIpc) is 2.98. The summed E-state index contributed by atoms with van der Waals surface area (Å²) in [4.78, 5) is 14.4. The second-order valence-corrected chi connectivity index (χ2v) is 9.14. The number of hydrogen-bond acceptors (Lipinski definition) is 3. The Morgan fingerprint density at radius 3 is 1.22 bits per heavy atom. The first-order valence-corrected chi connectivity index (χ1v) is 12.4. The lowest BCUT2D eigenvalue weighted by molar-refractivity contribution is 1.07. The Bertz CT molecular complexity index is 1610. The van der Waals surface area contributed by atoms with Gasteiger partial charge in [-0.3, -0.25) is 0 Å². The van der Waals surface area contributed by atoms with E-state index in [4.69, 9.17) is 26.6 Å². The molecule has 0 aliphatic rings. The van der Waals surface area contributed by atoms with Gasteiger partial charge in [0.2, 0.25) is 0 Å². The van der Waals surface area contributed by atoms with Gasteiger partial charge in [-0.2, -0.15) is 0 Å². The van der Waals surface area contributed by atoms with Crippen LogP contribution < -0.4 is 0 Å². The van der Waals surface area contributed by atoms with Crippen LogP contribution >= 0.6 is 11.6 Å². The lowest BCUT2D eigenvalue weighted by atomic mass is 9.98. The topological polar surface area (TPSA) is 38.7 Å². The van der Waals surface area contributed by atoms with Crippen LogP contribution in [0.5, 0.6) is 0 Å². The first kappa shape index (κ1) is 22.8. The van der Waals surface area contributed by atoms with Crippen LogP contribution in [0.3, 0.4) is 0 Å². The summed E-state index contributed by atoms with van der Waals surface area (Å²) < 4.78 is 0. The predicted molar refractivity (Wildman–Crippen MR) is 152 cm³/mol. The first-order valence-electron chi connectivity index (χ1n) is 12.1. The molecule has 176 valence electrons. The second kappa shape index (κ2) is 10.2. The number of halogens is 1. The summed E-state index contributed by atoms with van der Waals surface area (Å²) >= 11 is 6.21. The number of nitrogens with zero attached hydrogens (tertiary/aromatic N) is 3. The monoisotopic (exact) mass is 495 g/mol. The van der Waals surface area contributed by atoms with Gasteiger partial charge in [0.1, 0.15) is 0 Å². The molecule has 1 heterocycles. The van der Waals surface area contributed by atoms with Gasteiger partial charge in [0.15, 0.2) is 17.5 Å². The molecular weight excluding hydrogens is 474 g/mol. The van der Waals surface area contributed by atoms with Crippen molar-refractivity contribution in [2.24, 2.45) is 0 Å². The maximum Gasteiger partial charge on any atom is 0.164 e. The molecule has 0 amide bonds. The minimum Gasteiger partial charge on any atom is -0.208 e. The van der Waals surface area contributed by atoms with E-state index in [0.29, 0.717) is 17.5 Å². The fourth-order valence-corrected chi connectivity index (χ4v) is 4.49. The summed E-state index contributed by atoms with van der Waals surface area (Å²) in [7, 11) is 0. The van der Waals surface area contributed by atoms with Gasteiger partial charge in [-0.25, -0.2) is 15.0 Å². The standard InChI is InChI=1S/C33H22ClN3/c34-30-16-8-15-29(22-30)28-14-7-13-27(21-28)23-17-19-26(20-18-23)33-36-31(24-9-3-1-4-10-24)35-32(37-33)25-11-5-2-6-12-25/h1-22H. The fraction of sp³-hybridized carbons (Fsp3) is 0. The summed E-state index contributed by atoms with van der Waals surface area (Å²) in [5.41, 5.74) is 7.32. The molecule has 0 N–H and O–H groups in total.